The molecule has 3 N–H and O–H groups in total. The summed E-state index contributed by atoms with van der Waals surface area (Å²) >= 11 is 3.14. The maximum absolute atomic E-state index is 12.5. The van der Waals surface area contributed by atoms with Crippen molar-refractivity contribution in [3.8, 4) is 0 Å². The van der Waals surface area contributed by atoms with Crippen LogP contribution in [0.1, 0.15) is 25.1 Å². The minimum absolute atomic E-state index is 0.0596. The molecule has 0 unspecified atom stereocenters. The lowest BCUT2D eigenvalue weighted by atomic mass is 9.77. The normalized spacial score (nSPS) is 24.9. The van der Waals surface area contributed by atoms with Crippen molar-refractivity contribution in [3.05, 3.63) is 23.1 Å². The van der Waals surface area contributed by atoms with E-state index in [-0.39, 0.29) is 23.6 Å². The van der Waals surface area contributed by atoms with E-state index in [1.54, 1.807) is 18.7 Å². The summed E-state index contributed by atoms with van der Waals surface area (Å²) in [6.07, 6.45) is 5.97. The van der Waals surface area contributed by atoms with Crippen LogP contribution in [-0.2, 0) is 16.1 Å². The number of hydrogen-bond acceptors (Lipinski definition) is 7. The third-order valence-corrected chi connectivity index (χ3v) is 7.92. The third-order valence-electron chi connectivity index (χ3n) is 5.83. The first-order chi connectivity index (χ1) is 13.8. The van der Waals surface area contributed by atoms with Gasteiger partial charge in [0.15, 0.2) is 0 Å². The van der Waals surface area contributed by atoms with E-state index in [0.717, 1.165) is 27.7 Å². The molecule has 0 spiro atoms. The molecular formula is C19H24N4O4S2. The zero-order valence-corrected chi connectivity index (χ0v) is 18.1. The average Bonchev–Trinajstić information content (AvgIpc) is 3.26. The Labute approximate surface area is 176 Å². The number of rotatable bonds is 7. The Hall–Kier alpha value is -1.88. The first-order valence-corrected chi connectivity index (χ1v) is 11.6. The topological polar surface area (TPSA) is 116 Å². The van der Waals surface area contributed by atoms with Gasteiger partial charge in [0.05, 0.1) is 41.2 Å². The fourth-order valence-corrected chi connectivity index (χ4v) is 6.77. The molecule has 2 aromatic rings. The number of amides is 1. The van der Waals surface area contributed by atoms with Gasteiger partial charge in [-0.2, -0.15) is 4.40 Å². The van der Waals surface area contributed by atoms with Gasteiger partial charge in [-0.3, -0.25) is 4.79 Å². The number of nitrogens with zero attached hydrogens (tertiary/aromatic N) is 3. The van der Waals surface area contributed by atoms with E-state index >= 15 is 0 Å². The molecule has 4 atom stereocenters. The highest BCUT2D eigenvalue weighted by atomic mass is 32.2. The number of carboxylic acid groups (broad SMARTS) is 1. The van der Waals surface area contributed by atoms with Gasteiger partial charge in [-0.05, 0) is 26.1 Å². The molecule has 1 amide bonds. The number of thioether (sulfide) groups is 1. The number of carbonyl (C=O) groups excluding carboxylic acids is 2. The highest BCUT2D eigenvalue weighted by Gasteiger charge is 2.59. The van der Waals surface area contributed by atoms with Crippen LogP contribution in [0, 0.1) is 11.8 Å². The summed E-state index contributed by atoms with van der Waals surface area (Å²) in [6.45, 7) is 4.92. The van der Waals surface area contributed by atoms with Crippen LogP contribution < -0.4 is 15.2 Å². The summed E-state index contributed by atoms with van der Waals surface area (Å²) in [6, 6.07) is -0.346. The van der Waals surface area contributed by atoms with Gasteiger partial charge in [-0.1, -0.05) is 30.0 Å². The SMILES string of the molecule is CSc1c2sc(C3=C(C(=O)[O-])N4C(=O)[C@H]([C@@H](C)O)[C@H]4[C@H]3C)c[n+]2cn1CCCN. The predicted octanol–water partition coefficient (Wildman–Crippen LogP) is -0.322. The van der Waals surface area contributed by atoms with Gasteiger partial charge < -0.3 is 25.6 Å². The number of carboxylic acids is 1. The number of carbonyl (C=O) groups is 2. The van der Waals surface area contributed by atoms with E-state index in [0.29, 0.717) is 12.1 Å². The largest absolute Gasteiger partial charge is 0.543 e. The van der Waals surface area contributed by atoms with Crippen LogP contribution in [0.2, 0.25) is 0 Å². The second-order valence-electron chi connectivity index (χ2n) is 7.57. The summed E-state index contributed by atoms with van der Waals surface area (Å²) < 4.78 is 4.15. The van der Waals surface area contributed by atoms with Crippen LogP contribution in [0.3, 0.4) is 0 Å². The number of hydrogen-bond donors (Lipinski definition) is 2. The second-order valence-corrected chi connectivity index (χ2v) is 9.40. The van der Waals surface area contributed by atoms with Gasteiger partial charge in [0, 0.05) is 11.5 Å². The minimum atomic E-state index is -1.35. The van der Waals surface area contributed by atoms with Gasteiger partial charge in [-0.15, -0.1) is 0 Å². The van der Waals surface area contributed by atoms with E-state index in [9.17, 15) is 19.8 Å². The zero-order valence-electron chi connectivity index (χ0n) is 16.5. The molecule has 2 aliphatic heterocycles. The Balaban J connectivity index is 1.79. The van der Waals surface area contributed by atoms with Crippen LogP contribution in [0.25, 0.3) is 10.4 Å². The number of aromatic nitrogens is 2. The van der Waals surface area contributed by atoms with E-state index in [4.69, 9.17) is 5.73 Å². The lowest BCUT2D eigenvalue weighted by Gasteiger charge is -2.47. The third kappa shape index (κ3) is 2.92. The summed E-state index contributed by atoms with van der Waals surface area (Å²) in [4.78, 5) is 27.6. The van der Waals surface area contributed by atoms with Crippen molar-refractivity contribution >= 4 is 45.4 Å². The molecule has 29 heavy (non-hydrogen) atoms. The molecule has 0 aromatic carbocycles. The molecule has 4 rings (SSSR count). The van der Waals surface area contributed by atoms with Gasteiger partial charge in [0.2, 0.25) is 15.8 Å². The Kier molecular flexibility index (Phi) is 5.22. The number of aliphatic hydroxyl groups excluding tert-OH is 1. The summed E-state index contributed by atoms with van der Waals surface area (Å²) in [5, 5.41) is 23.0. The molecule has 0 radical (unpaired) electrons. The van der Waals surface area contributed by atoms with Gasteiger partial charge >= 0.3 is 0 Å². The molecule has 8 nitrogen and oxygen atoms in total. The molecule has 1 saturated heterocycles. The lowest BCUT2D eigenvalue weighted by molar-refractivity contribution is -0.508. The quantitative estimate of drug-likeness (QED) is 0.349. The number of aliphatic carboxylic acids is 1. The van der Waals surface area contributed by atoms with Crippen LogP contribution in [0.4, 0.5) is 0 Å². The van der Waals surface area contributed by atoms with Crippen molar-refractivity contribution in [1.29, 1.82) is 0 Å². The number of aryl methyl sites for hydroxylation is 1. The molecule has 0 bridgehead atoms. The molecule has 1 fully saturated rings. The molecule has 0 aliphatic carbocycles. The van der Waals surface area contributed by atoms with Crippen LogP contribution in [-0.4, -0.2) is 51.4 Å². The number of β-lactam (4-membered cyclic amide) rings is 1. The number of imidazole rings is 1. The maximum atomic E-state index is 12.5. The zero-order chi connectivity index (χ0) is 21.0. The number of nitrogens with two attached hydrogens (primary N) is 1. The Morgan fingerprint density at radius 3 is 2.83 bits per heavy atom. The number of thiazole rings is 1. The molecule has 0 saturated carbocycles. The first-order valence-electron chi connectivity index (χ1n) is 9.56. The van der Waals surface area contributed by atoms with Crippen LogP contribution in [0.5, 0.6) is 0 Å². The number of aliphatic hydroxyl groups is 1. The number of fused-ring (bicyclic) bond motifs is 2. The lowest BCUT2D eigenvalue weighted by Crippen LogP contribution is -2.64. The fraction of sp³-hybridized carbons (Fsp3) is 0.526. The van der Waals surface area contributed by atoms with Crippen molar-refractivity contribution in [1.82, 2.24) is 9.47 Å². The molecule has 4 heterocycles. The van der Waals surface area contributed by atoms with Gasteiger partial charge in [0.25, 0.3) is 6.33 Å². The van der Waals surface area contributed by atoms with Crippen molar-refractivity contribution < 1.29 is 24.2 Å². The first kappa shape index (κ1) is 20.4. The minimum Gasteiger partial charge on any atom is -0.543 e. The van der Waals surface area contributed by atoms with Crippen LogP contribution >= 0.6 is 23.1 Å². The molecule has 2 aromatic heterocycles. The monoisotopic (exact) mass is 436 g/mol. The molecule has 10 heteroatoms. The van der Waals surface area contributed by atoms with E-state index in [1.807, 2.05) is 30.1 Å². The Bertz CT molecular complexity index is 1020. The van der Waals surface area contributed by atoms with Crippen molar-refractivity contribution in [2.24, 2.45) is 17.6 Å². The standard InChI is InChI=1S/C19H24N4O4S2/c1-9-12(15(19(26)27)23-14(9)13(10(2)24)16(23)25)11-7-22-8-21(6-4-5-20)17(28-3)18(22)29-11/h7-10,13-14,24H,4-6,20H2,1-3H3/t9-,10+,13+,14+/m0/s1. The molecular weight excluding hydrogens is 412 g/mol. The van der Waals surface area contributed by atoms with E-state index in [1.165, 1.54) is 16.2 Å². The van der Waals surface area contributed by atoms with Gasteiger partial charge in [-0.25, -0.2) is 4.57 Å². The van der Waals surface area contributed by atoms with Crippen LogP contribution in [0.15, 0.2) is 23.2 Å². The highest BCUT2D eigenvalue weighted by molar-refractivity contribution is 7.98. The van der Waals surface area contributed by atoms with Crippen molar-refractivity contribution in [2.45, 2.75) is 44.0 Å². The fourth-order valence-electron chi connectivity index (χ4n) is 4.57. The average molecular weight is 437 g/mol. The van der Waals surface area contributed by atoms with E-state index < -0.39 is 18.0 Å². The molecule has 2 aliphatic rings. The van der Waals surface area contributed by atoms with Gasteiger partial charge in [0.1, 0.15) is 6.20 Å². The second kappa shape index (κ2) is 7.42. The van der Waals surface area contributed by atoms with Crippen molar-refractivity contribution in [3.63, 3.8) is 0 Å². The highest BCUT2D eigenvalue weighted by Crippen LogP contribution is 2.51. The predicted molar refractivity (Wildman–Crippen MR) is 108 cm³/mol. The Morgan fingerprint density at radius 1 is 1.52 bits per heavy atom. The summed E-state index contributed by atoms with van der Waals surface area (Å²) in [5.41, 5.74) is 6.19. The Morgan fingerprint density at radius 2 is 2.24 bits per heavy atom. The summed E-state index contributed by atoms with van der Waals surface area (Å²) in [7, 11) is 0. The molecule has 156 valence electrons. The smallest absolute Gasteiger partial charge is 0.250 e. The van der Waals surface area contributed by atoms with Crippen molar-refractivity contribution in [2.75, 3.05) is 12.8 Å². The maximum Gasteiger partial charge on any atom is 0.250 e. The summed E-state index contributed by atoms with van der Waals surface area (Å²) in [5.74, 6) is -2.49. The van der Waals surface area contributed by atoms with E-state index in [2.05, 4.69) is 4.57 Å².